The van der Waals surface area contributed by atoms with Crippen molar-refractivity contribution >= 4 is 0 Å². The average molecular weight is 417 g/mol. The first kappa shape index (κ1) is 23.1. The maximum Gasteiger partial charge on any atom is 0.0582 e. The van der Waals surface area contributed by atoms with E-state index >= 15 is 0 Å². The van der Waals surface area contributed by atoms with E-state index in [4.69, 9.17) is 15.7 Å². The largest absolute Gasteiger partial charge is 0.330 e. The fraction of sp³-hybridized carbons (Fsp3) is 0.407. The quantitative estimate of drug-likeness (QED) is 0.495. The molecule has 1 unspecified atom stereocenters. The molecular formula is C27H36N4. The van der Waals surface area contributed by atoms with Crippen LogP contribution < -0.4 is 11.1 Å². The Balaban J connectivity index is 1.79. The molecule has 3 N–H and O–H groups in total. The Hall–Kier alpha value is -2.56. The summed E-state index contributed by atoms with van der Waals surface area (Å²) in [6.07, 6.45) is 6.77. The highest BCUT2D eigenvalue weighted by molar-refractivity contribution is 5.39. The normalized spacial score (nSPS) is 12.7. The van der Waals surface area contributed by atoms with E-state index in [1.807, 2.05) is 18.5 Å². The minimum atomic E-state index is -0.117. The molecule has 4 heteroatoms. The third-order valence-electron chi connectivity index (χ3n) is 6.14. The van der Waals surface area contributed by atoms with E-state index in [1.165, 1.54) is 22.3 Å². The lowest BCUT2D eigenvalue weighted by molar-refractivity contribution is 0.455. The van der Waals surface area contributed by atoms with Crippen LogP contribution in [-0.2, 0) is 18.4 Å². The van der Waals surface area contributed by atoms with Crippen molar-refractivity contribution in [3.05, 3.63) is 94.6 Å². The second-order valence-corrected chi connectivity index (χ2v) is 8.98. The van der Waals surface area contributed by atoms with Crippen LogP contribution in [0, 0.1) is 13.8 Å². The van der Waals surface area contributed by atoms with Gasteiger partial charge in [-0.1, -0.05) is 56.3 Å². The van der Waals surface area contributed by atoms with Gasteiger partial charge in [0.2, 0.25) is 0 Å². The third kappa shape index (κ3) is 5.99. The van der Waals surface area contributed by atoms with Crippen molar-refractivity contribution in [2.45, 2.75) is 65.0 Å². The van der Waals surface area contributed by atoms with Crippen molar-refractivity contribution in [1.82, 2.24) is 15.3 Å². The number of hydrogen-bond acceptors (Lipinski definition) is 4. The molecule has 2 aromatic heterocycles. The number of aryl methyl sites for hydroxylation is 2. The summed E-state index contributed by atoms with van der Waals surface area (Å²) >= 11 is 0. The topological polar surface area (TPSA) is 63.8 Å². The molecule has 1 atom stereocenters. The van der Waals surface area contributed by atoms with Crippen LogP contribution in [0.2, 0.25) is 0 Å². The Labute approximate surface area is 187 Å². The summed E-state index contributed by atoms with van der Waals surface area (Å²) in [6, 6.07) is 17.4. The molecule has 0 aliphatic rings. The molecule has 2 heterocycles. The van der Waals surface area contributed by atoms with E-state index in [2.05, 4.69) is 75.5 Å². The monoisotopic (exact) mass is 416 g/mol. The molecule has 0 saturated carbocycles. The number of benzene rings is 1. The van der Waals surface area contributed by atoms with E-state index in [1.54, 1.807) is 0 Å². The first-order chi connectivity index (χ1) is 14.9. The van der Waals surface area contributed by atoms with Crippen LogP contribution in [0.15, 0.2) is 60.9 Å². The average Bonchev–Trinajstić information content (AvgIpc) is 2.78. The van der Waals surface area contributed by atoms with Gasteiger partial charge in [-0.3, -0.25) is 9.97 Å². The van der Waals surface area contributed by atoms with Gasteiger partial charge < -0.3 is 11.1 Å². The van der Waals surface area contributed by atoms with E-state index in [-0.39, 0.29) is 5.41 Å². The predicted molar refractivity (Wildman–Crippen MR) is 129 cm³/mol. The van der Waals surface area contributed by atoms with Crippen molar-refractivity contribution in [3.8, 4) is 0 Å². The molecule has 0 fully saturated rings. The van der Waals surface area contributed by atoms with Gasteiger partial charge in [-0.25, -0.2) is 0 Å². The predicted octanol–water partition coefficient (Wildman–Crippen LogP) is 4.86. The summed E-state index contributed by atoms with van der Waals surface area (Å²) in [5.41, 5.74) is 13.0. The minimum absolute atomic E-state index is 0.117. The van der Waals surface area contributed by atoms with Crippen molar-refractivity contribution < 1.29 is 0 Å². The maximum absolute atomic E-state index is 5.82. The molecule has 1 aromatic carbocycles. The van der Waals surface area contributed by atoms with Crippen LogP contribution in [-0.4, -0.2) is 22.6 Å². The van der Waals surface area contributed by atoms with Crippen LogP contribution >= 0.6 is 0 Å². The van der Waals surface area contributed by atoms with Crippen molar-refractivity contribution in [3.63, 3.8) is 0 Å². The summed E-state index contributed by atoms with van der Waals surface area (Å²) in [7, 11) is 0. The highest BCUT2D eigenvalue weighted by Gasteiger charge is 2.26. The van der Waals surface area contributed by atoms with Gasteiger partial charge in [-0.2, -0.15) is 0 Å². The van der Waals surface area contributed by atoms with Gasteiger partial charge in [0.15, 0.2) is 0 Å². The van der Waals surface area contributed by atoms with Gasteiger partial charge in [-0.15, -0.1) is 0 Å². The molecule has 0 saturated heterocycles. The molecule has 164 valence electrons. The van der Waals surface area contributed by atoms with Crippen LogP contribution in [0.1, 0.15) is 60.3 Å². The summed E-state index contributed by atoms with van der Waals surface area (Å²) in [5, 5.41) is 3.77. The molecule has 3 aromatic rings. The zero-order valence-electron chi connectivity index (χ0n) is 19.4. The molecule has 0 aliphatic carbocycles. The Bertz CT molecular complexity index is 966. The molecule has 3 rings (SSSR count). The highest BCUT2D eigenvalue weighted by Crippen LogP contribution is 2.32. The van der Waals surface area contributed by atoms with E-state index in [0.717, 1.165) is 37.2 Å². The number of pyridine rings is 2. The Morgan fingerprint density at radius 3 is 2.48 bits per heavy atom. The summed E-state index contributed by atoms with van der Waals surface area (Å²) in [4.78, 5) is 9.45. The van der Waals surface area contributed by atoms with Gasteiger partial charge >= 0.3 is 0 Å². The number of nitrogens with two attached hydrogens (primary N) is 1. The molecular weight excluding hydrogens is 380 g/mol. The SMILES string of the molecule is Cc1cnc(CC(CCCN)NCc2ncccc2C(C)(C)c2ccccc2)c(C)c1. The molecule has 0 radical (unpaired) electrons. The zero-order valence-corrected chi connectivity index (χ0v) is 19.4. The van der Waals surface area contributed by atoms with Gasteiger partial charge in [0, 0.05) is 42.5 Å². The number of hydrogen-bond donors (Lipinski definition) is 2. The first-order valence-electron chi connectivity index (χ1n) is 11.3. The van der Waals surface area contributed by atoms with Crippen LogP contribution in [0.5, 0.6) is 0 Å². The third-order valence-corrected chi connectivity index (χ3v) is 6.14. The van der Waals surface area contributed by atoms with Crippen molar-refractivity contribution in [1.29, 1.82) is 0 Å². The van der Waals surface area contributed by atoms with E-state index < -0.39 is 0 Å². The summed E-state index contributed by atoms with van der Waals surface area (Å²) < 4.78 is 0. The van der Waals surface area contributed by atoms with E-state index in [0.29, 0.717) is 12.6 Å². The minimum Gasteiger partial charge on any atom is -0.330 e. The molecule has 31 heavy (non-hydrogen) atoms. The van der Waals surface area contributed by atoms with Gasteiger partial charge in [-0.05, 0) is 61.6 Å². The lowest BCUT2D eigenvalue weighted by atomic mass is 9.77. The summed E-state index contributed by atoms with van der Waals surface area (Å²) in [6.45, 7) is 10.2. The lowest BCUT2D eigenvalue weighted by Gasteiger charge is -2.29. The number of aromatic nitrogens is 2. The lowest BCUT2D eigenvalue weighted by Crippen LogP contribution is -2.33. The molecule has 0 aliphatic heterocycles. The van der Waals surface area contributed by atoms with Crippen LogP contribution in [0.4, 0.5) is 0 Å². The van der Waals surface area contributed by atoms with Crippen LogP contribution in [0.3, 0.4) is 0 Å². The van der Waals surface area contributed by atoms with Gasteiger partial charge in [0.1, 0.15) is 0 Å². The Morgan fingerprint density at radius 2 is 1.77 bits per heavy atom. The van der Waals surface area contributed by atoms with Crippen LogP contribution in [0.25, 0.3) is 0 Å². The molecule has 0 spiro atoms. The zero-order chi connectivity index (χ0) is 22.3. The first-order valence-corrected chi connectivity index (χ1v) is 11.3. The number of nitrogens with one attached hydrogen (secondary N) is 1. The molecule has 0 bridgehead atoms. The van der Waals surface area contributed by atoms with Crippen molar-refractivity contribution in [2.75, 3.05) is 6.54 Å². The fourth-order valence-electron chi connectivity index (χ4n) is 4.23. The van der Waals surface area contributed by atoms with Gasteiger partial charge in [0.25, 0.3) is 0 Å². The summed E-state index contributed by atoms with van der Waals surface area (Å²) in [5.74, 6) is 0. The number of rotatable bonds is 10. The van der Waals surface area contributed by atoms with Gasteiger partial charge in [0.05, 0.1) is 5.69 Å². The number of nitrogens with zero attached hydrogens (tertiary/aromatic N) is 2. The fourth-order valence-corrected chi connectivity index (χ4v) is 4.23. The standard InChI is InChI=1S/C27H36N4/c1-20-16-21(2)25(31-18-20)17-23(12-8-14-28)30-19-26-24(13-9-15-29-26)27(3,4)22-10-6-5-7-11-22/h5-7,9-11,13,15-16,18,23,30H,8,12,14,17,19,28H2,1-4H3. The highest BCUT2D eigenvalue weighted by atomic mass is 14.9. The van der Waals surface area contributed by atoms with E-state index in [9.17, 15) is 0 Å². The Morgan fingerprint density at radius 1 is 1.00 bits per heavy atom. The Kier molecular flexibility index (Phi) is 7.94. The molecule has 4 nitrogen and oxygen atoms in total. The maximum atomic E-state index is 5.82. The smallest absolute Gasteiger partial charge is 0.0582 e. The van der Waals surface area contributed by atoms with Crippen molar-refractivity contribution in [2.24, 2.45) is 5.73 Å². The molecule has 0 amide bonds. The second kappa shape index (κ2) is 10.7. The second-order valence-electron chi connectivity index (χ2n) is 8.98.